The van der Waals surface area contributed by atoms with Crippen molar-refractivity contribution in [3.05, 3.63) is 71.8 Å². The highest BCUT2D eigenvalue weighted by Crippen LogP contribution is 2.22. The maximum Gasteiger partial charge on any atom is 0.254 e. The molecule has 1 fully saturated rings. The summed E-state index contributed by atoms with van der Waals surface area (Å²) >= 11 is 0. The van der Waals surface area contributed by atoms with E-state index in [1.807, 2.05) is 79.4 Å². The second-order valence-corrected chi connectivity index (χ2v) is 8.51. The van der Waals surface area contributed by atoms with Crippen molar-refractivity contribution in [3.8, 4) is 17.0 Å². The molecule has 2 amide bonds. The lowest BCUT2D eigenvalue weighted by molar-refractivity contribution is -0.132. The maximum atomic E-state index is 13.0. The Kier molecular flexibility index (Phi) is 7.60. The first-order valence-electron chi connectivity index (χ1n) is 11.9. The van der Waals surface area contributed by atoms with E-state index in [4.69, 9.17) is 4.74 Å². The Morgan fingerprint density at radius 3 is 2.26 bits per heavy atom. The lowest BCUT2D eigenvalue weighted by atomic mass is 10.1. The second-order valence-electron chi connectivity index (χ2n) is 8.51. The van der Waals surface area contributed by atoms with Gasteiger partial charge in [0.1, 0.15) is 12.3 Å². The van der Waals surface area contributed by atoms with Gasteiger partial charge < -0.3 is 19.4 Å². The molecule has 0 aliphatic carbocycles. The van der Waals surface area contributed by atoms with Crippen molar-refractivity contribution in [1.82, 2.24) is 20.0 Å². The number of aryl methyl sites for hydroxylation is 1. The summed E-state index contributed by atoms with van der Waals surface area (Å²) in [6.45, 7) is 6.87. The third kappa shape index (κ3) is 5.59. The molecule has 0 radical (unpaired) electrons. The highest BCUT2D eigenvalue weighted by molar-refractivity contribution is 5.97. The lowest BCUT2D eigenvalue weighted by Crippen LogP contribution is -2.52. The molecule has 1 aliphatic rings. The van der Waals surface area contributed by atoms with Gasteiger partial charge in [-0.15, -0.1) is 10.2 Å². The molecule has 1 aromatic heterocycles. The van der Waals surface area contributed by atoms with Gasteiger partial charge in [-0.25, -0.2) is 0 Å². The molecule has 0 atom stereocenters. The first kappa shape index (κ1) is 24.2. The zero-order valence-corrected chi connectivity index (χ0v) is 20.5. The minimum atomic E-state index is -0.107. The first-order chi connectivity index (χ1) is 17.0. The number of likely N-dealkylation sites (N-methyl/N-ethyl adjacent to an activating group) is 1. The molecule has 0 spiro atoms. The summed E-state index contributed by atoms with van der Waals surface area (Å²) in [6.07, 6.45) is 0. The summed E-state index contributed by atoms with van der Waals surface area (Å²) in [4.78, 5) is 31.5. The fourth-order valence-corrected chi connectivity index (χ4v) is 4.17. The van der Waals surface area contributed by atoms with Crippen LogP contribution in [0.3, 0.4) is 0 Å². The third-order valence-electron chi connectivity index (χ3n) is 6.36. The van der Waals surface area contributed by atoms with E-state index < -0.39 is 0 Å². The van der Waals surface area contributed by atoms with Gasteiger partial charge in [-0.05, 0) is 61.9 Å². The number of nitrogens with zero attached hydrogens (tertiary/aromatic N) is 5. The van der Waals surface area contributed by atoms with E-state index >= 15 is 0 Å². The van der Waals surface area contributed by atoms with E-state index in [9.17, 15) is 9.59 Å². The molecule has 1 saturated heterocycles. The number of ether oxygens (including phenoxy) is 1. The molecule has 0 unspecified atom stereocenters. The smallest absolute Gasteiger partial charge is 0.254 e. The van der Waals surface area contributed by atoms with Crippen LogP contribution in [0.25, 0.3) is 11.3 Å². The van der Waals surface area contributed by atoms with Crippen LogP contribution in [0.1, 0.15) is 22.8 Å². The van der Waals surface area contributed by atoms with Gasteiger partial charge in [0.25, 0.3) is 5.91 Å². The fraction of sp³-hybridized carbons (Fsp3) is 0.333. The van der Waals surface area contributed by atoms with E-state index in [0.29, 0.717) is 38.3 Å². The highest BCUT2D eigenvalue weighted by atomic mass is 16.5. The van der Waals surface area contributed by atoms with E-state index in [1.165, 1.54) is 0 Å². The fourth-order valence-electron chi connectivity index (χ4n) is 4.17. The van der Waals surface area contributed by atoms with Crippen molar-refractivity contribution in [2.45, 2.75) is 13.8 Å². The molecule has 2 heterocycles. The molecule has 0 bridgehead atoms. The zero-order chi connectivity index (χ0) is 24.8. The highest BCUT2D eigenvalue weighted by Gasteiger charge is 2.25. The Morgan fingerprint density at radius 1 is 0.943 bits per heavy atom. The van der Waals surface area contributed by atoms with Gasteiger partial charge in [0, 0.05) is 43.9 Å². The number of methoxy groups -OCH3 is 1. The van der Waals surface area contributed by atoms with Crippen molar-refractivity contribution < 1.29 is 14.3 Å². The van der Waals surface area contributed by atoms with E-state index in [2.05, 4.69) is 15.1 Å². The standard InChI is InChI=1S/C27H31N5O3/c1-4-30(27(34)23-8-6-5-7-20(23)2)19-26(33)32-17-15-31(16-18-32)25-14-13-24(28-29-25)21-9-11-22(35-3)12-10-21/h5-14H,4,15-19H2,1-3H3. The Hall–Kier alpha value is -3.94. The van der Waals surface area contributed by atoms with E-state index in [0.717, 1.165) is 28.4 Å². The summed E-state index contributed by atoms with van der Waals surface area (Å²) in [5.74, 6) is 1.45. The molecule has 3 aromatic rings. The van der Waals surface area contributed by atoms with Crippen LogP contribution in [0.2, 0.25) is 0 Å². The average molecular weight is 474 g/mol. The lowest BCUT2D eigenvalue weighted by Gasteiger charge is -2.36. The summed E-state index contributed by atoms with van der Waals surface area (Å²) in [5, 5.41) is 8.79. The van der Waals surface area contributed by atoms with Crippen molar-refractivity contribution in [3.63, 3.8) is 0 Å². The summed E-state index contributed by atoms with van der Waals surface area (Å²) in [6, 6.07) is 19.1. The number of amides is 2. The number of piperazine rings is 1. The van der Waals surface area contributed by atoms with Crippen molar-refractivity contribution in [2.24, 2.45) is 0 Å². The number of anilines is 1. The predicted molar refractivity (Wildman–Crippen MR) is 136 cm³/mol. The topological polar surface area (TPSA) is 78.9 Å². The molecular formula is C27H31N5O3. The molecule has 2 aromatic carbocycles. The number of aromatic nitrogens is 2. The number of carbonyl (C=O) groups excluding carboxylic acids is 2. The number of benzene rings is 2. The van der Waals surface area contributed by atoms with E-state index in [-0.39, 0.29) is 18.4 Å². The molecule has 0 N–H and O–H groups in total. The largest absolute Gasteiger partial charge is 0.497 e. The summed E-state index contributed by atoms with van der Waals surface area (Å²) in [5.41, 5.74) is 3.32. The van der Waals surface area contributed by atoms with E-state index in [1.54, 1.807) is 12.0 Å². The Balaban J connectivity index is 1.32. The summed E-state index contributed by atoms with van der Waals surface area (Å²) < 4.78 is 5.20. The van der Waals surface area contributed by atoms with Gasteiger partial charge in [0.2, 0.25) is 5.91 Å². The Morgan fingerprint density at radius 2 is 1.66 bits per heavy atom. The van der Waals surface area contributed by atoms with Crippen LogP contribution in [0.5, 0.6) is 5.75 Å². The number of hydrogen-bond donors (Lipinski definition) is 0. The number of carbonyl (C=O) groups is 2. The molecule has 8 nitrogen and oxygen atoms in total. The molecule has 182 valence electrons. The van der Waals surface area contributed by atoms with Crippen molar-refractivity contribution in [1.29, 1.82) is 0 Å². The number of hydrogen-bond acceptors (Lipinski definition) is 6. The Labute approximate surface area is 206 Å². The van der Waals surface area contributed by atoms with Crippen LogP contribution >= 0.6 is 0 Å². The molecule has 0 saturated carbocycles. The van der Waals surface area contributed by atoms with Crippen LogP contribution in [-0.4, -0.2) is 78.2 Å². The minimum Gasteiger partial charge on any atom is -0.497 e. The van der Waals surface area contributed by atoms with Gasteiger partial charge in [-0.2, -0.15) is 0 Å². The molecule has 8 heteroatoms. The molecular weight excluding hydrogens is 442 g/mol. The van der Waals surface area contributed by atoms with Crippen LogP contribution in [0.15, 0.2) is 60.7 Å². The molecule has 1 aliphatic heterocycles. The predicted octanol–water partition coefficient (Wildman–Crippen LogP) is 3.27. The second kappa shape index (κ2) is 11.0. The number of rotatable bonds is 7. The minimum absolute atomic E-state index is 0.0330. The Bertz CT molecular complexity index is 1160. The molecule has 35 heavy (non-hydrogen) atoms. The van der Waals surface area contributed by atoms with Gasteiger partial charge in [0.15, 0.2) is 5.82 Å². The van der Waals surface area contributed by atoms with Crippen LogP contribution in [0, 0.1) is 6.92 Å². The first-order valence-corrected chi connectivity index (χ1v) is 11.9. The summed E-state index contributed by atoms with van der Waals surface area (Å²) in [7, 11) is 1.64. The van der Waals surface area contributed by atoms with Crippen LogP contribution in [-0.2, 0) is 4.79 Å². The van der Waals surface area contributed by atoms with Gasteiger partial charge in [0.05, 0.1) is 12.8 Å². The van der Waals surface area contributed by atoms with Crippen LogP contribution < -0.4 is 9.64 Å². The van der Waals surface area contributed by atoms with Crippen molar-refractivity contribution in [2.75, 3.05) is 51.3 Å². The van der Waals surface area contributed by atoms with Gasteiger partial charge in [-0.1, -0.05) is 18.2 Å². The SMILES string of the molecule is CCN(CC(=O)N1CCN(c2ccc(-c3ccc(OC)cc3)nn2)CC1)C(=O)c1ccccc1C. The normalized spacial score (nSPS) is 13.5. The quantitative estimate of drug-likeness (QED) is 0.524. The monoisotopic (exact) mass is 473 g/mol. The zero-order valence-electron chi connectivity index (χ0n) is 20.5. The van der Waals surface area contributed by atoms with Crippen molar-refractivity contribution >= 4 is 17.6 Å². The van der Waals surface area contributed by atoms with Gasteiger partial charge in [-0.3, -0.25) is 9.59 Å². The maximum absolute atomic E-state index is 13.0. The van der Waals surface area contributed by atoms with Gasteiger partial charge >= 0.3 is 0 Å². The average Bonchev–Trinajstić information content (AvgIpc) is 2.92. The third-order valence-corrected chi connectivity index (χ3v) is 6.36. The van der Waals surface area contributed by atoms with Crippen LogP contribution in [0.4, 0.5) is 5.82 Å². The molecule has 4 rings (SSSR count).